The van der Waals surface area contributed by atoms with Crippen LogP contribution in [0.3, 0.4) is 0 Å². The molecule has 0 aliphatic carbocycles. The van der Waals surface area contributed by atoms with Crippen LogP contribution in [0, 0.1) is 12.8 Å². The Morgan fingerprint density at radius 2 is 1.74 bits per heavy atom. The molecule has 2 bridgehead atoms. The van der Waals surface area contributed by atoms with Crippen LogP contribution in [0.25, 0.3) is 11.3 Å². The predicted molar refractivity (Wildman–Crippen MR) is 165 cm³/mol. The number of halogens is 1. The molecule has 5 amide bonds. The molecule has 1 aromatic carbocycles. The molecule has 1 aliphatic heterocycles. The van der Waals surface area contributed by atoms with E-state index in [1.807, 2.05) is 0 Å². The smallest absolute Gasteiger partial charge is 0.274 e. The number of furan rings is 1. The van der Waals surface area contributed by atoms with Gasteiger partial charge in [0.2, 0.25) is 17.7 Å². The number of aryl methyl sites for hydroxylation is 1. The molecule has 3 aromatic rings. The zero-order valence-electron chi connectivity index (χ0n) is 26.0. The second-order valence-corrected chi connectivity index (χ2v) is 11.8. The molecular weight excluding hydrogens is 620 g/mol. The quantitative estimate of drug-likeness (QED) is 0.278. The Morgan fingerprint density at radius 3 is 2.41 bits per heavy atom. The van der Waals surface area contributed by atoms with Crippen molar-refractivity contribution in [2.24, 2.45) is 5.92 Å². The van der Waals surface area contributed by atoms with E-state index < -0.39 is 53.8 Å². The minimum Gasteiger partial charge on any atom is -0.460 e. The lowest BCUT2D eigenvalue weighted by Crippen LogP contribution is -2.58. The molecule has 5 N–H and O–H groups in total. The van der Waals surface area contributed by atoms with Crippen LogP contribution in [0.15, 0.2) is 45.3 Å². The minimum atomic E-state index is -1.44. The largest absolute Gasteiger partial charge is 0.460 e. The van der Waals surface area contributed by atoms with Gasteiger partial charge in [-0.25, -0.2) is 0 Å². The second-order valence-electron chi connectivity index (χ2n) is 11.4. The zero-order valence-corrected chi connectivity index (χ0v) is 26.8. The van der Waals surface area contributed by atoms with Crippen LogP contribution in [0.5, 0.6) is 0 Å². The van der Waals surface area contributed by atoms with E-state index in [0.717, 1.165) is 0 Å². The highest BCUT2D eigenvalue weighted by Gasteiger charge is 2.32. The number of amides is 5. The summed E-state index contributed by atoms with van der Waals surface area (Å²) in [7, 11) is 0. The van der Waals surface area contributed by atoms with E-state index in [4.69, 9.17) is 20.5 Å². The van der Waals surface area contributed by atoms with Gasteiger partial charge in [-0.15, -0.1) is 0 Å². The van der Waals surface area contributed by atoms with Gasteiger partial charge in [-0.2, -0.15) is 0 Å². The lowest BCUT2D eigenvalue weighted by Gasteiger charge is -2.26. The SMILES string of the molecule is Cc1oc(-c2ccccc2Cl)cc1C(=O)N1CCNC(=O)[C@H](C(C)C)NC(=O)[C@H](C)NC(=O)[C@H]([C@@H](C)O)NC(=O)c2cc(on2)C1. The molecule has 46 heavy (non-hydrogen) atoms. The lowest BCUT2D eigenvalue weighted by molar-refractivity contribution is -0.133. The molecule has 2 aromatic heterocycles. The Morgan fingerprint density at radius 1 is 1.02 bits per heavy atom. The van der Waals surface area contributed by atoms with E-state index in [1.54, 1.807) is 51.1 Å². The van der Waals surface area contributed by atoms with Gasteiger partial charge in [0, 0.05) is 24.7 Å². The number of rotatable bonds is 4. The first kappa shape index (κ1) is 34.2. The molecule has 0 spiro atoms. The Balaban J connectivity index is 1.67. The molecule has 14 nitrogen and oxygen atoms in total. The van der Waals surface area contributed by atoms with Gasteiger partial charge in [-0.05, 0) is 44.9 Å². The summed E-state index contributed by atoms with van der Waals surface area (Å²) in [6.45, 7) is 7.69. The highest BCUT2D eigenvalue weighted by Crippen LogP contribution is 2.31. The average molecular weight is 657 g/mol. The number of carbonyl (C=O) groups excluding carboxylic acids is 5. The number of nitrogens with zero attached hydrogens (tertiary/aromatic N) is 2. The molecule has 4 rings (SSSR count). The van der Waals surface area contributed by atoms with E-state index in [0.29, 0.717) is 22.1 Å². The van der Waals surface area contributed by atoms with Crippen LogP contribution in [0.2, 0.25) is 5.02 Å². The number of hydrogen-bond acceptors (Lipinski definition) is 9. The second kappa shape index (κ2) is 14.6. The summed E-state index contributed by atoms with van der Waals surface area (Å²) < 4.78 is 11.2. The standard InChI is InChI=1S/C31H37ClN6O8/c1-15(2)25-29(42)33-10-11-38(31(44)21-13-24(45-18(21)5)20-8-6-7-9-22(20)32)14-19-12-23(37-46-19)28(41)36-26(17(4)39)30(43)34-16(3)27(40)35-25/h6-9,12-13,15-17,25-26,39H,10-11,14H2,1-5H3,(H,33,42)(H,34,43)(H,35,40)(H,36,41)/t16-,17+,25-,26-/m0/s1. The van der Waals surface area contributed by atoms with Crippen molar-refractivity contribution < 1.29 is 38.0 Å². The number of aromatic nitrogens is 1. The van der Waals surface area contributed by atoms with E-state index >= 15 is 0 Å². The third-order valence-electron chi connectivity index (χ3n) is 7.44. The molecular formula is C31H37ClN6O8. The molecule has 15 heteroatoms. The summed E-state index contributed by atoms with van der Waals surface area (Å²) in [5, 5.41) is 24.7. The maximum atomic E-state index is 13.9. The topological polar surface area (TPSA) is 196 Å². The highest BCUT2D eigenvalue weighted by atomic mass is 35.5. The first-order valence-electron chi connectivity index (χ1n) is 14.7. The van der Waals surface area contributed by atoms with Gasteiger partial charge in [0.1, 0.15) is 29.6 Å². The van der Waals surface area contributed by atoms with Crippen molar-refractivity contribution in [3.8, 4) is 11.3 Å². The Hall–Kier alpha value is -4.69. The predicted octanol–water partition coefficient (Wildman–Crippen LogP) is 1.79. The van der Waals surface area contributed by atoms with Crippen LogP contribution in [0.1, 0.15) is 60.1 Å². The molecule has 246 valence electrons. The summed E-state index contributed by atoms with van der Waals surface area (Å²) in [4.78, 5) is 67.3. The van der Waals surface area contributed by atoms with Gasteiger partial charge in [-0.1, -0.05) is 42.7 Å². The van der Waals surface area contributed by atoms with Crippen molar-refractivity contribution in [2.75, 3.05) is 13.1 Å². The van der Waals surface area contributed by atoms with E-state index in [2.05, 4.69) is 26.4 Å². The molecule has 0 fully saturated rings. The number of nitrogens with one attached hydrogen (secondary N) is 4. The fourth-order valence-corrected chi connectivity index (χ4v) is 5.05. The van der Waals surface area contributed by atoms with E-state index in [9.17, 15) is 29.1 Å². The van der Waals surface area contributed by atoms with Crippen LogP contribution in [-0.2, 0) is 20.9 Å². The number of aliphatic hydroxyl groups excluding tert-OH is 1. The van der Waals surface area contributed by atoms with E-state index in [1.165, 1.54) is 24.8 Å². The van der Waals surface area contributed by atoms with Crippen molar-refractivity contribution in [1.29, 1.82) is 0 Å². The van der Waals surface area contributed by atoms with Gasteiger partial charge < -0.3 is 40.2 Å². The fraction of sp³-hybridized carbons (Fsp3) is 0.419. The third-order valence-corrected chi connectivity index (χ3v) is 7.77. The van der Waals surface area contributed by atoms with Gasteiger partial charge in [0.25, 0.3) is 11.8 Å². The molecule has 3 heterocycles. The monoisotopic (exact) mass is 656 g/mol. The maximum Gasteiger partial charge on any atom is 0.274 e. The molecule has 1 aliphatic rings. The van der Waals surface area contributed by atoms with Crippen LogP contribution < -0.4 is 21.3 Å². The lowest BCUT2D eigenvalue weighted by atomic mass is 10.0. The summed E-state index contributed by atoms with van der Waals surface area (Å²) in [5.74, 6) is -2.73. The number of aliphatic hydroxyl groups is 1. The van der Waals surface area contributed by atoms with Crippen LogP contribution in [0.4, 0.5) is 0 Å². The molecule has 0 saturated carbocycles. The first-order valence-corrected chi connectivity index (χ1v) is 15.1. The summed E-state index contributed by atoms with van der Waals surface area (Å²) in [5.41, 5.74) is 0.638. The van der Waals surface area contributed by atoms with Crippen molar-refractivity contribution in [3.63, 3.8) is 0 Å². The van der Waals surface area contributed by atoms with E-state index in [-0.39, 0.29) is 42.6 Å². The van der Waals surface area contributed by atoms with Gasteiger partial charge in [0.05, 0.1) is 23.2 Å². The molecule has 4 atom stereocenters. The third kappa shape index (κ3) is 7.93. The highest BCUT2D eigenvalue weighted by molar-refractivity contribution is 6.33. The zero-order chi connectivity index (χ0) is 33.7. The Bertz CT molecular complexity index is 1620. The van der Waals surface area contributed by atoms with Gasteiger partial charge in [0.15, 0.2) is 11.5 Å². The van der Waals surface area contributed by atoms with Crippen molar-refractivity contribution in [1.82, 2.24) is 31.3 Å². The average Bonchev–Trinajstić information content (AvgIpc) is 3.63. The molecule has 0 saturated heterocycles. The van der Waals surface area contributed by atoms with Gasteiger partial charge in [-0.3, -0.25) is 24.0 Å². The summed E-state index contributed by atoms with van der Waals surface area (Å²) >= 11 is 6.34. The van der Waals surface area contributed by atoms with Crippen molar-refractivity contribution >= 4 is 41.1 Å². The minimum absolute atomic E-state index is 0.00176. The first-order chi connectivity index (χ1) is 21.8. The van der Waals surface area contributed by atoms with Crippen LogP contribution in [-0.4, -0.2) is 82.0 Å². The maximum absolute atomic E-state index is 13.9. The fourth-order valence-electron chi connectivity index (χ4n) is 4.82. The number of carbonyl (C=O) groups is 5. The normalized spacial score (nSPS) is 21.0. The number of benzene rings is 1. The number of fused-ring (bicyclic) bond motifs is 2. The van der Waals surface area contributed by atoms with Crippen molar-refractivity contribution in [3.05, 3.63) is 64.2 Å². The van der Waals surface area contributed by atoms with Gasteiger partial charge >= 0.3 is 0 Å². The summed E-state index contributed by atoms with van der Waals surface area (Å²) in [6.07, 6.45) is -1.34. The number of hydrogen-bond donors (Lipinski definition) is 5. The molecule has 0 unspecified atom stereocenters. The van der Waals surface area contributed by atoms with Crippen molar-refractivity contribution in [2.45, 2.75) is 65.4 Å². The summed E-state index contributed by atoms with van der Waals surface area (Å²) in [6, 6.07) is 6.39. The molecule has 0 radical (unpaired) electrons. The van der Waals surface area contributed by atoms with Crippen LogP contribution >= 0.6 is 11.6 Å². The Kier molecular flexibility index (Phi) is 10.9. The Labute approximate surface area is 270 Å².